The van der Waals surface area contributed by atoms with E-state index >= 15 is 0 Å². The molecular formula is C14H13ClN4O. The van der Waals surface area contributed by atoms with Gasteiger partial charge in [0, 0.05) is 0 Å². The quantitative estimate of drug-likeness (QED) is 0.802. The summed E-state index contributed by atoms with van der Waals surface area (Å²) in [6.45, 7) is 0. The van der Waals surface area contributed by atoms with Gasteiger partial charge in [0.25, 0.3) is 0 Å². The number of halogens is 1. The van der Waals surface area contributed by atoms with Gasteiger partial charge >= 0.3 is 0 Å². The van der Waals surface area contributed by atoms with E-state index in [0.29, 0.717) is 5.22 Å². The van der Waals surface area contributed by atoms with E-state index in [1.54, 1.807) is 16.9 Å². The standard InChI is InChI=1S/C14H13ClN4O/c1-16-14(12-7-8-13(15)20-12)11-9-17-18-19(11)10-5-3-2-4-6-10/h2-9,14,16H,1H3. The first-order chi connectivity index (χ1) is 9.79. The molecule has 5 nitrogen and oxygen atoms in total. The number of rotatable bonds is 4. The molecule has 0 aliphatic carbocycles. The van der Waals surface area contributed by atoms with Gasteiger partial charge in [0.05, 0.1) is 17.6 Å². The van der Waals surface area contributed by atoms with Gasteiger partial charge in [0.2, 0.25) is 0 Å². The molecule has 1 unspecified atom stereocenters. The van der Waals surface area contributed by atoms with Gasteiger partial charge in [-0.3, -0.25) is 0 Å². The van der Waals surface area contributed by atoms with Gasteiger partial charge in [-0.1, -0.05) is 23.4 Å². The minimum atomic E-state index is -0.169. The highest BCUT2D eigenvalue weighted by Gasteiger charge is 2.21. The number of nitrogens with zero attached hydrogens (tertiary/aromatic N) is 3. The Balaban J connectivity index is 2.04. The second-order valence-corrected chi connectivity index (χ2v) is 4.64. The van der Waals surface area contributed by atoms with Gasteiger partial charge in [-0.2, -0.15) is 0 Å². The molecule has 0 fully saturated rings. The summed E-state index contributed by atoms with van der Waals surface area (Å²) in [6, 6.07) is 13.2. The van der Waals surface area contributed by atoms with Gasteiger partial charge in [-0.05, 0) is 42.9 Å². The largest absolute Gasteiger partial charge is 0.448 e. The van der Waals surface area contributed by atoms with Crippen molar-refractivity contribution in [1.82, 2.24) is 20.3 Å². The Bertz CT molecular complexity index is 692. The predicted octanol–water partition coefficient (Wildman–Crippen LogP) is 2.82. The number of nitrogens with one attached hydrogen (secondary N) is 1. The Hall–Kier alpha value is -2.11. The highest BCUT2D eigenvalue weighted by molar-refractivity contribution is 6.28. The molecule has 2 heterocycles. The molecule has 102 valence electrons. The first kappa shape index (κ1) is 12.9. The minimum absolute atomic E-state index is 0.169. The molecule has 2 aromatic heterocycles. The summed E-state index contributed by atoms with van der Waals surface area (Å²) in [4.78, 5) is 0. The molecular weight excluding hydrogens is 276 g/mol. The van der Waals surface area contributed by atoms with Crippen LogP contribution in [0.1, 0.15) is 17.5 Å². The third-order valence-electron chi connectivity index (χ3n) is 3.04. The van der Waals surface area contributed by atoms with E-state index in [1.807, 2.05) is 43.4 Å². The van der Waals surface area contributed by atoms with Crippen molar-refractivity contribution in [2.45, 2.75) is 6.04 Å². The van der Waals surface area contributed by atoms with Crippen LogP contribution >= 0.6 is 11.6 Å². The van der Waals surface area contributed by atoms with Crippen LogP contribution in [-0.4, -0.2) is 22.0 Å². The lowest BCUT2D eigenvalue weighted by Crippen LogP contribution is -2.20. The van der Waals surface area contributed by atoms with Crippen molar-refractivity contribution in [3.05, 3.63) is 65.3 Å². The lowest BCUT2D eigenvalue weighted by Gasteiger charge is -2.14. The molecule has 3 aromatic rings. The van der Waals surface area contributed by atoms with E-state index in [4.69, 9.17) is 16.0 Å². The monoisotopic (exact) mass is 288 g/mol. The zero-order chi connectivity index (χ0) is 13.9. The number of benzene rings is 1. The molecule has 1 aromatic carbocycles. The summed E-state index contributed by atoms with van der Waals surface area (Å²) in [7, 11) is 1.85. The molecule has 1 N–H and O–H groups in total. The van der Waals surface area contributed by atoms with Crippen LogP contribution in [0.15, 0.2) is 53.1 Å². The van der Waals surface area contributed by atoms with Gasteiger partial charge in [-0.25, -0.2) is 4.68 Å². The molecule has 0 aliphatic rings. The van der Waals surface area contributed by atoms with Crippen molar-refractivity contribution in [3.63, 3.8) is 0 Å². The smallest absolute Gasteiger partial charge is 0.193 e. The molecule has 1 atom stereocenters. The van der Waals surface area contributed by atoms with E-state index in [2.05, 4.69) is 15.6 Å². The SMILES string of the molecule is CNC(c1ccc(Cl)o1)c1cnnn1-c1ccccc1. The summed E-state index contributed by atoms with van der Waals surface area (Å²) in [5.41, 5.74) is 1.82. The number of aromatic nitrogens is 3. The molecule has 0 aliphatic heterocycles. The molecule has 0 saturated heterocycles. The lowest BCUT2D eigenvalue weighted by atomic mass is 10.1. The lowest BCUT2D eigenvalue weighted by molar-refractivity contribution is 0.455. The van der Waals surface area contributed by atoms with Crippen LogP contribution in [0.2, 0.25) is 5.22 Å². The Morgan fingerprint density at radius 2 is 2.00 bits per heavy atom. The maximum Gasteiger partial charge on any atom is 0.193 e. The summed E-state index contributed by atoms with van der Waals surface area (Å²) in [5.74, 6) is 0.719. The van der Waals surface area contributed by atoms with E-state index < -0.39 is 0 Å². The Labute approximate surface area is 121 Å². The fraction of sp³-hybridized carbons (Fsp3) is 0.143. The third-order valence-corrected chi connectivity index (χ3v) is 3.24. The van der Waals surface area contributed by atoms with Crippen molar-refractivity contribution in [1.29, 1.82) is 0 Å². The average Bonchev–Trinajstić information content (AvgIpc) is 3.11. The molecule has 20 heavy (non-hydrogen) atoms. The van der Waals surface area contributed by atoms with Crippen LogP contribution in [0, 0.1) is 0 Å². The van der Waals surface area contributed by atoms with Crippen molar-refractivity contribution < 1.29 is 4.42 Å². The molecule has 0 bridgehead atoms. The number of hydrogen-bond donors (Lipinski definition) is 1. The first-order valence-corrected chi connectivity index (χ1v) is 6.56. The second kappa shape index (κ2) is 5.48. The van der Waals surface area contributed by atoms with E-state index in [1.165, 1.54) is 0 Å². The maximum absolute atomic E-state index is 5.85. The van der Waals surface area contributed by atoms with Crippen LogP contribution in [0.3, 0.4) is 0 Å². The van der Waals surface area contributed by atoms with Crippen LogP contribution < -0.4 is 5.32 Å². The molecule has 3 rings (SSSR count). The normalized spacial score (nSPS) is 12.5. The van der Waals surface area contributed by atoms with E-state index in [9.17, 15) is 0 Å². The van der Waals surface area contributed by atoms with Crippen LogP contribution in [0.5, 0.6) is 0 Å². The highest BCUT2D eigenvalue weighted by atomic mass is 35.5. The fourth-order valence-corrected chi connectivity index (χ4v) is 2.28. The number of furan rings is 1. The summed E-state index contributed by atoms with van der Waals surface area (Å²) in [5, 5.41) is 11.7. The molecule has 6 heteroatoms. The van der Waals surface area contributed by atoms with Crippen molar-refractivity contribution in [2.75, 3.05) is 7.05 Å². The van der Waals surface area contributed by atoms with Crippen LogP contribution in [0.4, 0.5) is 0 Å². The maximum atomic E-state index is 5.85. The van der Waals surface area contributed by atoms with E-state index in [0.717, 1.165) is 17.1 Å². The zero-order valence-corrected chi connectivity index (χ0v) is 11.6. The minimum Gasteiger partial charge on any atom is -0.448 e. The molecule has 0 amide bonds. The van der Waals surface area contributed by atoms with E-state index in [-0.39, 0.29) is 6.04 Å². The zero-order valence-electron chi connectivity index (χ0n) is 10.8. The first-order valence-electron chi connectivity index (χ1n) is 6.18. The Morgan fingerprint density at radius 1 is 1.20 bits per heavy atom. The fourth-order valence-electron chi connectivity index (χ4n) is 2.13. The van der Waals surface area contributed by atoms with Gasteiger partial charge in [0.1, 0.15) is 11.8 Å². The molecule has 0 saturated carbocycles. The number of para-hydroxylation sites is 1. The van der Waals surface area contributed by atoms with Gasteiger partial charge < -0.3 is 9.73 Å². The molecule has 0 radical (unpaired) electrons. The summed E-state index contributed by atoms with van der Waals surface area (Å²) >= 11 is 5.85. The summed E-state index contributed by atoms with van der Waals surface area (Å²) in [6.07, 6.45) is 1.71. The second-order valence-electron chi connectivity index (χ2n) is 4.27. The van der Waals surface area contributed by atoms with Crippen molar-refractivity contribution >= 4 is 11.6 Å². The van der Waals surface area contributed by atoms with Gasteiger partial charge in [-0.15, -0.1) is 5.10 Å². The summed E-state index contributed by atoms with van der Waals surface area (Å²) < 4.78 is 7.26. The van der Waals surface area contributed by atoms with Crippen molar-refractivity contribution in [2.24, 2.45) is 0 Å². The van der Waals surface area contributed by atoms with Crippen molar-refractivity contribution in [3.8, 4) is 5.69 Å². The third kappa shape index (κ3) is 2.33. The topological polar surface area (TPSA) is 55.9 Å². The van der Waals surface area contributed by atoms with Gasteiger partial charge in [0.15, 0.2) is 5.22 Å². The van der Waals surface area contributed by atoms with Crippen LogP contribution in [-0.2, 0) is 0 Å². The Morgan fingerprint density at radius 3 is 2.65 bits per heavy atom. The van der Waals surface area contributed by atoms with Crippen LogP contribution in [0.25, 0.3) is 5.69 Å². The average molecular weight is 289 g/mol. The number of hydrogen-bond acceptors (Lipinski definition) is 4. The Kier molecular flexibility index (Phi) is 3.54. The predicted molar refractivity (Wildman–Crippen MR) is 76.0 cm³/mol. The highest BCUT2D eigenvalue weighted by Crippen LogP contribution is 2.26. The molecule has 0 spiro atoms.